The molecule has 10 unspecified atom stereocenters. The van der Waals surface area contributed by atoms with Gasteiger partial charge in [0.05, 0.1) is 18.8 Å². The Bertz CT molecular complexity index is 1570. The number of nitrogens with two attached hydrogens (primary N) is 3. The van der Waals surface area contributed by atoms with Crippen molar-refractivity contribution in [1.29, 1.82) is 0 Å². The predicted octanol–water partition coefficient (Wildman–Crippen LogP) is -6.35. The molecule has 1 saturated heterocycles. The van der Waals surface area contributed by atoms with Gasteiger partial charge in [0, 0.05) is 19.5 Å². The van der Waals surface area contributed by atoms with Crippen LogP contribution in [0.5, 0.6) is 0 Å². The summed E-state index contributed by atoms with van der Waals surface area (Å²) in [5.41, 5.74) is 16.1. The molecular weight excluding hydrogens is 798 g/mol. The van der Waals surface area contributed by atoms with Gasteiger partial charge in [0.1, 0.15) is 48.3 Å². The molecule has 0 spiro atoms. The summed E-state index contributed by atoms with van der Waals surface area (Å²) in [6, 6.07) is -11.6. The van der Waals surface area contributed by atoms with Crippen LogP contribution in [-0.2, 0) is 43.2 Å². The molecule has 1 fully saturated rings. The lowest BCUT2D eigenvalue weighted by molar-refractivity contribution is -0.145. The van der Waals surface area contributed by atoms with Crippen molar-refractivity contribution in [3.05, 3.63) is 0 Å². The van der Waals surface area contributed by atoms with Crippen molar-refractivity contribution >= 4 is 59.2 Å². The number of carbonyl (C=O) groups is 9. The number of aliphatic carboxylic acids is 2. The molecule has 25 heteroatoms. The Labute approximate surface area is 346 Å². The van der Waals surface area contributed by atoms with E-state index in [2.05, 4.69) is 36.9 Å². The number of carboxylic acid groups (broad SMARTS) is 2. The van der Waals surface area contributed by atoms with Crippen LogP contribution in [0.1, 0.15) is 73.1 Å². The number of amides is 7. The summed E-state index contributed by atoms with van der Waals surface area (Å²) in [6.45, 7) is 5.94. The molecule has 60 heavy (non-hydrogen) atoms. The van der Waals surface area contributed by atoms with Crippen LogP contribution in [0.4, 0.5) is 0 Å². The lowest BCUT2D eigenvalue weighted by Gasteiger charge is -2.30. The first-order valence-electron chi connectivity index (χ1n) is 19.3. The van der Waals surface area contributed by atoms with Gasteiger partial charge in [0.15, 0.2) is 5.96 Å². The summed E-state index contributed by atoms with van der Waals surface area (Å²) in [5, 5.41) is 62.4. The quantitative estimate of drug-likeness (QED) is 0.0231. The minimum absolute atomic E-state index is 0.000159. The van der Waals surface area contributed by atoms with Gasteiger partial charge in [-0.15, -0.1) is 0 Å². The van der Waals surface area contributed by atoms with E-state index in [1.54, 1.807) is 13.8 Å². The third-order valence-electron chi connectivity index (χ3n) is 9.36. The van der Waals surface area contributed by atoms with Crippen LogP contribution in [-0.4, -0.2) is 170 Å². The molecule has 1 aliphatic rings. The zero-order valence-corrected chi connectivity index (χ0v) is 34.3. The number of nitrogens with one attached hydrogen (secondary N) is 6. The van der Waals surface area contributed by atoms with Crippen LogP contribution in [0.3, 0.4) is 0 Å². The number of hydrogen-bond acceptors (Lipinski definition) is 14. The third-order valence-corrected chi connectivity index (χ3v) is 9.36. The maximum Gasteiger partial charge on any atom is 0.326 e. The van der Waals surface area contributed by atoms with E-state index in [4.69, 9.17) is 17.2 Å². The van der Waals surface area contributed by atoms with Gasteiger partial charge >= 0.3 is 11.9 Å². The summed E-state index contributed by atoms with van der Waals surface area (Å²) in [6.07, 6.45) is -3.22. The third kappa shape index (κ3) is 16.9. The molecule has 0 radical (unpaired) electrons. The first-order chi connectivity index (χ1) is 27.9. The summed E-state index contributed by atoms with van der Waals surface area (Å²) in [4.78, 5) is 120. The van der Waals surface area contributed by atoms with E-state index in [1.165, 1.54) is 18.7 Å². The SMILES string of the molecule is CC(NC(=O)C(NC(=O)C(CCC(=O)O)NC(=O)C(CO)NC(=O)C(NC(=O)C(N)C(C)O)C(C)O)C(C)C)C(=O)N1CCCC1C(=O)NC(CCCN=C(N)N)C(=O)O. The van der Waals surface area contributed by atoms with Crippen molar-refractivity contribution in [1.82, 2.24) is 36.8 Å². The van der Waals surface area contributed by atoms with Crippen molar-refractivity contribution < 1.29 is 68.7 Å². The molecule has 0 aliphatic carbocycles. The van der Waals surface area contributed by atoms with E-state index in [9.17, 15) is 68.7 Å². The molecule has 1 rings (SSSR count). The zero-order chi connectivity index (χ0) is 46.0. The molecular formula is C35H61N11O14. The van der Waals surface area contributed by atoms with Gasteiger partial charge in [-0.2, -0.15) is 0 Å². The second kappa shape index (κ2) is 25.1. The van der Waals surface area contributed by atoms with Crippen LogP contribution in [0.25, 0.3) is 0 Å². The maximum atomic E-state index is 13.5. The molecule has 340 valence electrons. The smallest absolute Gasteiger partial charge is 0.326 e. The first kappa shape index (κ1) is 52.4. The largest absolute Gasteiger partial charge is 0.481 e. The van der Waals surface area contributed by atoms with E-state index in [1.807, 2.05) is 0 Å². The van der Waals surface area contributed by atoms with Crippen molar-refractivity contribution in [2.45, 2.75) is 134 Å². The Balaban J connectivity index is 3.09. The highest BCUT2D eigenvalue weighted by molar-refractivity contribution is 5.98. The number of hydrogen-bond donors (Lipinski definition) is 14. The minimum atomic E-state index is -1.81. The van der Waals surface area contributed by atoms with Crippen molar-refractivity contribution in [2.75, 3.05) is 19.7 Å². The average Bonchev–Trinajstić information content (AvgIpc) is 3.66. The number of carboxylic acids is 2. The highest BCUT2D eigenvalue weighted by Gasteiger charge is 2.39. The van der Waals surface area contributed by atoms with Gasteiger partial charge in [0.2, 0.25) is 41.4 Å². The van der Waals surface area contributed by atoms with Gasteiger partial charge in [-0.3, -0.25) is 43.3 Å². The van der Waals surface area contributed by atoms with Crippen molar-refractivity contribution in [3.63, 3.8) is 0 Å². The number of likely N-dealkylation sites (tertiary alicyclic amines) is 1. The average molecular weight is 860 g/mol. The number of rotatable bonds is 25. The molecule has 1 aliphatic heterocycles. The lowest BCUT2D eigenvalue weighted by Crippen LogP contribution is -2.62. The lowest BCUT2D eigenvalue weighted by atomic mass is 10.0. The molecule has 7 amide bonds. The number of guanidine groups is 1. The fraction of sp³-hybridized carbons (Fsp3) is 0.714. The second-order valence-electron chi connectivity index (χ2n) is 14.7. The van der Waals surface area contributed by atoms with Crippen LogP contribution < -0.4 is 49.1 Å². The topological polar surface area (TPSA) is 421 Å². The molecule has 10 atom stereocenters. The summed E-state index contributed by atoms with van der Waals surface area (Å²) < 4.78 is 0. The monoisotopic (exact) mass is 859 g/mol. The second-order valence-corrected chi connectivity index (χ2v) is 14.7. The fourth-order valence-corrected chi connectivity index (χ4v) is 5.87. The highest BCUT2D eigenvalue weighted by Crippen LogP contribution is 2.19. The first-order valence-corrected chi connectivity index (χ1v) is 19.3. The molecule has 17 N–H and O–H groups in total. The molecule has 0 saturated carbocycles. The summed E-state index contributed by atoms with van der Waals surface area (Å²) in [5.74, 6) is -10.2. The van der Waals surface area contributed by atoms with Gasteiger partial charge < -0.3 is 79.5 Å². The Morgan fingerprint density at radius 2 is 1.28 bits per heavy atom. The number of aliphatic hydroxyl groups is 3. The molecule has 25 nitrogen and oxygen atoms in total. The van der Waals surface area contributed by atoms with Crippen LogP contribution in [0.2, 0.25) is 0 Å². The molecule has 0 aromatic heterocycles. The standard InChI is InChI=1S/C35H61N11O14/c1-15(2)25(31(56)40-16(3)33(58)46-13-7-9-22(46)29(54)42-20(34(59)60)8-6-12-39-35(37)38)44-27(52)19(10-11-23(50)51)41-28(53)21(14-47)43-32(57)26(18(5)49)45-30(55)24(36)17(4)48/h15-22,24-26,47-49H,6-14,36H2,1-5H3,(H,40,56)(H,41,53)(H,42,54)(H,43,57)(H,44,52)(H,45,55)(H,50,51)(H,59,60)(H4,37,38,39). The Hall–Kier alpha value is -5.66. The minimum Gasteiger partial charge on any atom is -0.481 e. The molecule has 0 aromatic carbocycles. The van der Waals surface area contributed by atoms with E-state index in [-0.39, 0.29) is 38.3 Å². The van der Waals surface area contributed by atoms with Gasteiger partial charge in [-0.05, 0) is 58.8 Å². The van der Waals surface area contributed by atoms with Crippen LogP contribution in [0.15, 0.2) is 4.99 Å². The summed E-state index contributed by atoms with van der Waals surface area (Å²) >= 11 is 0. The Morgan fingerprint density at radius 1 is 0.717 bits per heavy atom. The number of aliphatic hydroxyl groups excluding tert-OH is 3. The van der Waals surface area contributed by atoms with Gasteiger partial charge in [0.25, 0.3) is 0 Å². The van der Waals surface area contributed by atoms with E-state index < -0.39 is 139 Å². The number of aliphatic imine (C=N–C) groups is 1. The number of nitrogens with zero attached hydrogens (tertiary/aromatic N) is 2. The van der Waals surface area contributed by atoms with E-state index >= 15 is 0 Å². The van der Waals surface area contributed by atoms with Crippen LogP contribution >= 0.6 is 0 Å². The molecule has 0 bridgehead atoms. The molecule has 1 heterocycles. The fourth-order valence-electron chi connectivity index (χ4n) is 5.87. The number of carbonyl (C=O) groups excluding carboxylic acids is 7. The van der Waals surface area contributed by atoms with Gasteiger partial charge in [-0.25, -0.2) is 4.79 Å². The summed E-state index contributed by atoms with van der Waals surface area (Å²) in [7, 11) is 0. The Kier molecular flexibility index (Phi) is 21.9. The van der Waals surface area contributed by atoms with E-state index in [0.717, 1.165) is 6.92 Å². The Morgan fingerprint density at radius 3 is 1.80 bits per heavy atom. The highest BCUT2D eigenvalue weighted by atomic mass is 16.4. The van der Waals surface area contributed by atoms with Crippen molar-refractivity contribution in [3.8, 4) is 0 Å². The molecule has 0 aromatic rings. The maximum absolute atomic E-state index is 13.5. The normalized spacial score (nSPS) is 18.2. The predicted molar refractivity (Wildman–Crippen MR) is 210 cm³/mol. The van der Waals surface area contributed by atoms with Crippen molar-refractivity contribution in [2.24, 2.45) is 28.1 Å². The zero-order valence-electron chi connectivity index (χ0n) is 34.3. The van der Waals surface area contributed by atoms with Crippen LogP contribution in [0, 0.1) is 5.92 Å². The van der Waals surface area contributed by atoms with Gasteiger partial charge in [-0.1, -0.05) is 13.8 Å². The van der Waals surface area contributed by atoms with E-state index in [0.29, 0.717) is 6.42 Å².